The van der Waals surface area contributed by atoms with E-state index in [0.717, 1.165) is 10.4 Å². The van der Waals surface area contributed by atoms with Crippen LogP contribution in [-0.2, 0) is 0 Å². The lowest BCUT2D eigenvalue weighted by Gasteiger charge is -2.25. The summed E-state index contributed by atoms with van der Waals surface area (Å²) in [5, 5.41) is 4.65. The van der Waals surface area contributed by atoms with Gasteiger partial charge in [0.05, 0.1) is 0 Å². The summed E-state index contributed by atoms with van der Waals surface area (Å²) in [4.78, 5) is 0.996. The Kier molecular flexibility index (Phi) is 2.78. The lowest BCUT2D eigenvalue weighted by molar-refractivity contribution is -0.167. The van der Waals surface area contributed by atoms with Crippen LogP contribution in [0.1, 0.15) is 36.2 Å². The van der Waals surface area contributed by atoms with Gasteiger partial charge < -0.3 is 0 Å². The third-order valence-corrected chi connectivity index (χ3v) is 4.28. The number of rotatable bonds is 3. The summed E-state index contributed by atoms with van der Waals surface area (Å²) in [5.41, 5.74) is -0.564. The molecule has 1 aliphatic carbocycles. The standard InChI is InChI=1S/C11H14F3NS/c1-7-3-6-16-9(7)8(2)15-10(4-5-10)11(12,13)14/h3,6,8,15H,4-5H2,1-2H3. The normalized spacial score (nSPS) is 20.8. The molecule has 0 aliphatic heterocycles. The number of hydrogen-bond donors (Lipinski definition) is 1. The monoisotopic (exact) mass is 249 g/mol. The van der Waals surface area contributed by atoms with E-state index in [2.05, 4.69) is 5.32 Å². The van der Waals surface area contributed by atoms with Crippen LogP contribution >= 0.6 is 11.3 Å². The lowest BCUT2D eigenvalue weighted by Crippen LogP contribution is -2.45. The Morgan fingerprint density at radius 2 is 2.06 bits per heavy atom. The first-order valence-corrected chi connectivity index (χ1v) is 6.12. The van der Waals surface area contributed by atoms with Gasteiger partial charge >= 0.3 is 6.18 Å². The zero-order valence-electron chi connectivity index (χ0n) is 9.19. The zero-order chi connectivity index (χ0) is 12.0. The second-order valence-electron chi connectivity index (χ2n) is 4.41. The van der Waals surface area contributed by atoms with Crippen LogP contribution < -0.4 is 5.32 Å². The van der Waals surface area contributed by atoms with Gasteiger partial charge in [-0.1, -0.05) is 0 Å². The molecular formula is C11H14F3NS. The predicted molar refractivity (Wildman–Crippen MR) is 58.6 cm³/mol. The Labute approximate surface area is 96.7 Å². The van der Waals surface area contributed by atoms with Crippen molar-refractivity contribution in [1.29, 1.82) is 0 Å². The molecule has 1 aliphatic rings. The molecule has 1 N–H and O–H groups in total. The number of aryl methyl sites for hydroxylation is 1. The van der Waals surface area contributed by atoms with E-state index in [9.17, 15) is 13.2 Å². The van der Waals surface area contributed by atoms with Gasteiger partial charge in [0.25, 0.3) is 0 Å². The maximum absolute atomic E-state index is 12.7. The van der Waals surface area contributed by atoms with Crippen molar-refractivity contribution in [3.63, 3.8) is 0 Å². The van der Waals surface area contributed by atoms with E-state index in [-0.39, 0.29) is 18.9 Å². The largest absolute Gasteiger partial charge is 0.406 e. The molecule has 0 saturated heterocycles. The highest BCUT2D eigenvalue weighted by Crippen LogP contribution is 2.50. The highest BCUT2D eigenvalue weighted by molar-refractivity contribution is 7.10. The summed E-state index contributed by atoms with van der Waals surface area (Å²) in [6.45, 7) is 3.72. The van der Waals surface area contributed by atoms with Gasteiger partial charge in [0, 0.05) is 10.9 Å². The zero-order valence-corrected chi connectivity index (χ0v) is 10.0. The summed E-state index contributed by atoms with van der Waals surface area (Å²) in [6, 6.07) is 1.70. The van der Waals surface area contributed by atoms with Gasteiger partial charge in [0.1, 0.15) is 5.54 Å². The third kappa shape index (κ3) is 1.98. The van der Waals surface area contributed by atoms with Gasteiger partial charge in [-0.2, -0.15) is 13.2 Å². The van der Waals surface area contributed by atoms with Crippen molar-refractivity contribution < 1.29 is 13.2 Å². The van der Waals surface area contributed by atoms with Crippen LogP contribution in [0.5, 0.6) is 0 Å². The smallest absolute Gasteiger partial charge is 0.296 e. The number of nitrogens with one attached hydrogen (secondary N) is 1. The minimum Gasteiger partial charge on any atom is -0.296 e. The molecule has 16 heavy (non-hydrogen) atoms. The van der Waals surface area contributed by atoms with Gasteiger partial charge in [0.2, 0.25) is 0 Å². The average Bonchev–Trinajstić information content (AvgIpc) is 2.81. The minimum atomic E-state index is -4.13. The molecule has 90 valence electrons. The molecular weight excluding hydrogens is 235 g/mol. The molecule has 1 fully saturated rings. The van der Waals surface area contributed by atoms with E-state index in [1.165, 1.54) is 11.3 Å². The van der Waals surface area contributed by atoms with E-state index in [1.54, 1.807) is 6.92 Å². The Hall–Kier alpha value is -0.550. The minimum absolute atomic E-state index is 0.200. The highest BCUT2D eigenvalue weighted by atomic mass is 32.1. The van der Waals surface area contributed by atoms with Crippen molar-refractivity contribution in [2.24, 2.45) is 0 Å². The Morgan fingerprint density at radius 1 is 1.44 bits per heavy atom. The van der Waals surface area contributed by atoms with E-state index < -0.39 is 11.7 Å². The molecule has 1 aromatic rings. The van der Waals surface area contributed by atoms with E-state index in [1.807, 2.05) is 18.4 Å². The first-order chi connectivity index (χ1) is 7.36. The van der Waals surface area contributed by atoms with Crippen molar-refractivity contribution in [2.45, 2.75) is 44.4 Å². The topological polar surface area (TPSA) is 12.0 Å². The predicted octanol–water partition coefficient (Wildman–Crippen LogP) is 3.80. The van der Waals surface area contributed by atoms with Gasteiger partial charge in [0.15, 0.2) is 0 Å². The Morgan fingerprint density at radius 3 is 2.44 bits per heavy atom. The van der Waals surface area contributed by atoms with Crippen molar-refractivity contribution in [3.05, 3.63) is 21.9 Å². The summed E-state index contributed by atoms with van der Waals surface area (Å²) in [5.74, 6) is 0. The first-order valence-electron chi connectivity index (χ1n) is 5.24. The van der Waals surface area contributed by atoms with E-state index in [4.69, 9.17) is 0 Å². The highest BCUT2D eigenvalue weighted by Gasteiger charge is 2.63. The Bertz CT molecular complexity index is 379. The molecule has 0 bridgehead atoms. The van der Waals surface area contributed by atoms with Crippen molar-refractivity contribution in [1.82, 2.24) is 5.32 Å². The van der Waals surface area contributed by atoms with Crippen molar-refractivity contribution in [2.75, 3.05) is 0 Å². The van der Waals surface area contributed by atoms with Crippen LogP contribution in [0.15, 0.2) is 11.4 Å². The van der Waals surface area contributed by atoms with Gasteiger partial charge in [-0.05, 0) is 43.7 Å². The molecule has 1 atom stereocenters. The summed E-state index contributed by atoms with van der Waals surface area (Å²) in [7, 11) is 0. The molecule has 0 radical (unpaired) electrons. The molecule has 1 nitrogen and oxygen atoms in total. The molecule has 2 rings (SSSR count). The molecule has 1 aromatic heterocycles. The van der Waals surface area contributed by atoms with Crippen LogP contribution in [0, 0.1) is 6.92 Å². The SMILES string of the molecule is Cc1ccsc1C(C)NC1(C(F)(F)F)CC1. The van der Waals surface area contributed by atoms with Crippen molar-refractivity contribution >= 4 is 11.3 Å². The van der Waals surface area contributed by atoms with Crippen LogP contribution in [-0.4, -0.2) is 11.7 Å². The average molecular weight is 249 g/mol. The second-order valence-corrected chi connectivity index (χ2v) is 5.36. The fourth-order valence-corrected chi connectivity index (χ4v) is 2.88. The van der Waals surface area contributed by atoms with E-state index in [0.29, 0.717) is 0 Å². The molecule has 1 heterocycles. The summed E-state index contributed by atoms with van der Waals surface area (Å²) in [6.07, 6.45) is -3.73. The molecule has 0 spiro atoms. The maximum Gasteiger partial charge on any atom is 0.406 e. The van der Waals surface area contributed by atoms with Crippen LogP contribution in [0.3, 0.4) is 0 Å². The molecule has 1 saturated carbocycles. The maximum atomic E-state index is 12.7. The van der Waals surface area contributed by atoms with Crippen LogP contribution in [0.4, 0.5) is 13.2 Å². The lowest BCUT2D eigenvalue weighted by atomic mass is 10.1. The Balaban J connectivity index is 2.09. The third-order valence-electron chi connectivity index (χ3n) is 3.08. The van der Waals surface area contributed by atoms with Gasteiger partial charge in [-0.3, -0.25) is 5.32 Å². The van der Waals surface area contributed by atoms with Crippen molar-refractivity contribution in [3.8, 4) is 0 Å². The van der Waals surface area contributed by atoms with Crippen LogP contribution in [0.25, 0.3) is 0 Å². The fraction of sp³-hybridized carbons (Fsp3) is 0.636. The quantitative estimate of drug-likeness (QED) is 0.859. The fourth-order valence-electron chi connectivity index (χ4n) is 1.94. The molecule has 0 aromatic carbocycles. The van der Waals surface area contributed by atoms with Gasteiger partial charge in [-0.25, -0.2) is 0 Å². The van der Waals surface area contributed by atoms with Crippen LogP contribution in [0.2, 0.25) is 0 Å². The first kappa shape index (κ1) is 11.9. The van der Waals surface area contributed by atoms with Gasteiger partial charge in [-0.15, -0.1) is 11.3 Å². The molecule has 1 unspecified atom stereocenters. The summed E-state index contributed by atoms with van der Waals surface area (Å²) < 4.78 is 38.2. The molecule has 0 amide bonds. The number of thiophene rings is 1. The number of alkyl halides is 3. The molecule has 5 heteroatoms. The number of halogens is 3. The van der Waals surface area contributed by atoms with E-state index >= 15 is 0 Å². The summed E-state index contributed by atoms with van der Waals surface area (Å²) >= 11 is 1.51. The number of hydrogen-bond acceptors (Lipinski definition) is 2. The second kappa shape index (κ2) is 3.74.